The molecule has 5 rings (SSSR count). The Hall–Kier alpha value is -7.05. The second kappa shape index (κ2) is 20.5. The average Bonchev–Trinajstić information content (AvgIpc) is 3.56. The lowest BCUT2D eigenvalue weighted by Gasteiger charge is -2.24. The summed E-state index contributed by atoms with van der Waals surface area (Å²) in [6.45, 7) is 4.39. The molecule has 4 aromatic carbocycles. The van der Waals surface area contributed by atoms with Crippen LogP contribution in [0.3, 0.4) is 0 Å². The Balaban J connectivity index is 1.14. The van der Waals surface area contributed by atoms with Crippen LogP contribution in [0.2, 0.25) is 0 Å². The molecule has 0 bridgehead atoms. The first-order chi connectivity index (χ1) is 29.4. The van der Waals surface area contributed by atoms with Gasteiger partial charge in [-0.2, -0.15) is 8.78 Å². The summed E-state index contributed by atoms with van der Waals surface area (Å²) >= 11 is 0. The molecular formula is C43H41F5N4O10. The maximum atomic E-state index is 13.8. The number of halogens is 5. The third-order valence-corrected chi connectivity index (χ3v) is 9.62. The normalized spacial score (nSPS) is 13.2. The van der Waals surface area contributed by atoms with Gasteiger partial charge >= 0.3 is 18.2 Å². The van der Waals surface area contributed by atoms with Crippen LogP contribution >= 0.6 is 0 Å². The minimum absolute atomic E-state index is 0.00420. The fraction of sp³-hybridized carbons (Fsp3) is 0.302. The number of fused-ring (bicyclic) bond motifs is 3. The lowest BCUT2D eigenvalue weighted by molar-refractivity contribution is -0.137. The number of alkyl carbamates (subject to hydrolysis) is 1. The fourth-order valence-electron chi connectivity index (χ4n) is 6.54. The molecule has 0 fully saturated rings. The molecule has 0 heterocycles. The molecule has 0 radical (unpaired) electrons. The first-order valence-corrected chi connectivity index (χ1v) is 19.1. The van der Waals surface area contributed by atoms with Gasteiger partial charge in [0, 0.05) is 18.0 Å². The summed E-state index contributed by atoms with van der Waals surface area (Å²) in [7, 11) is 0. The van der Waals surface area contributed by atoms with Gasteiger partial charge in [0.15, 0.2) is 0 Å². The number of carbonyl (C=O) groups is 6. The molecule has 0 aliphatic heterocycles. The minimum Gasteiger partial charge on any atom is -0.481 e. The van der Waals surface area contributed by atoms with Crippen LogP contribution in [-0.2, 0) is 35.3 Å². The van der Waals surface area contributed by atoms with E-state index in [-0.39, 0.29) is 42.5 Å². The highest BCUT2D eigenvalue weighted by atomic mass is 19.2. The number of carboxylic acids is 1. The monoisotopic (exact) mass is 868 g/mol. The van der Waals surface area contributed by atoms with Crippen molar-refractivity contribution in [1.82, 2.24) is 16.0 Å². The van der Waals surface area contributed by atoms with E-state index in [9.17, 15) is 55.8 Å². The molecular weight excluding hydrogens is 827 g/mol. The molecule has 5 N–H and O–H groups in total. The smallest absolute Gasteiger partial charge is 0.481 e. The van der Waals surface area contributed by atoms with Crippen LogP contribution in [0.15, 0.2) is 72.8 Å². The third kappa shape index (κ3) is 11.4. The molecule has 3 unspecified atom stereocenters. The molecule has 0 saturated carbocycles. The molecule has 328 valence electrons. The lowest BCUT2D eigenvalue weighted by atomic mass is 9.98. The highest BCUT2D eigenvalue weighted by Gasteiger charge is 2.32. The van der Waals surface area contributed by atoms with Crippen molar-refractivity contribution in [3.05, 3.63) is 119 Å². The van der Waals surface area contributed by atoms with E-state index in [1.807, 2.05) is 62.4 Å². The van der Waals surface area contributed by atoms with E-state index in [1.54, 1.807) is 0 Å². The van der Waals surface area contributed by atoms with Gasteiger partial charge in [-0.1, -0.05) is 74.5 Å². The zero-order chi connectivity index (χ0) is 45.2. The maximum Gasteiger partial charge on any atom is 0.514 e. The highest BCUT2D eigenvalue weighted by molar-refractivity contribution is 5.99. The molecule has 1 aliphatic carbocycles. The van der Waals surface area contributed by atoms with Crippen LogP contribution in [-0.4, -0.2) is 65.8 Å². The van der Waals surface area contributed by atoms with E-state index in [4.69, 9.17) is 4.74 Å². The quantitative estimate of drug-likeness (QED) is 0.0246. The van der Waals surface area contributed by atoms with Gasteiger partial charge in [-0.15, -0.1) is 0 Å². The zero-order valence-corrected chi connectivity index (χ0v) is 33.4. The van der Waals surface area contributed by atoms with E-state index in [0.717, 1.165) is 22.3 Å². The third-order valence-electron chi connectivity index (χ3n) is 9.62. The number of nitrogens with one attached hydrogen (secondary N) is 4. The molecule has 4 amide bonds. The lowest BCUT2D eigenvalue weighted by Crippen LogP contribution is -2.55. The van der Waals surface area contributed by atoms with Crippen molar-refractivity contribution < 1.29 is 70.0 Å². The molecule has 0 aromatic heterocycles. The first kappa shape index (κ1) is 46.0. The number of hydrogen-bond acceptors (Lipinski definition) is 9. The van der Waals surface area contributed by atoms with E-state index in [2.05, 4.69) is 30.7 Å². The molecule has 4 aromatic rings. The summed E-state index contributed by atoms with van der Waals surface area (Å²) in [6, 6.07) is 17.0. The van der Waals surface area contributed by atoms with Gasteiger partial charge in [-0.05, 0) is 65.6 Å². The van der Waals surface area contributed by atoms with Crippen molar-refractivity contribution in [3.63, 3.8) is 0 Å². The minimum atomic E-state index is -2.45. The van der Waals surface area contributed by atoms with Crippen LogP contribution in [0.1, 0.15) is 62.6 Å². The van der Waals surface area contributed by atoms with Crippen LogP contribution < -0.4 is 26.0 Å². The topological polar surface area (TPSA) is 198 Å². The summed E-state index contributed by atoms with van der Waals surface area (Å²) in [4.78, 5) is 76.3. The van der Waals surface area contributed by atoms with Gasteiger partial charge in [0.25, 0.3) is 0 Å². The van der Waals surface area contributed by atoms with Crippen LogP contribution in [0.5, 0.6) is 5.75 Å². The SMILES string of the molecule is CC(C)CC(NC(=O)OCC1c2ccccc2-c2ccccc21)C(=O)NC(C)C(=O)NC(CCC(=O)O)C(=O)Nc1ccc(COC(=O)Oc2c(F)c(F)c(F)c(F)c2F)cc1. The summed E-state index contributed by atoms with van der Waals surface area (Å²) in [6.07, 6.45) is -3.35. The van der Waals surface area contributed by atoms with Crippen molar-refractivity contribution in [1.29, 1.82) is 0 Å². The molecule has 14 nitrogen and oxygen atoms in total. The number of anilines is 1. The van der Waals surface area contributed by atoms with Crippen molar-refractivity contribution in [2.24, 2.45) is 5.92 Å². The zero-order valence-electron chi connectivity index (χ0n) is 33.4. The Kier molecular flexibility index (Phi) is 15.2. The number of rotatable bonds is 17. The van der Waals surface area contributed by atoms with Gasteiger partial charge in [0.1, 0.15) is 31.3 Å². The van der Waals surface area contributed by atoms with Crippen molar-refractivity contribution in [2.75, 3.05) is 11.9 Å². The number of ether oxygens (including phenoxy) is 3. The Labute approximate surface area is 351 Å². The molecule has 62 heavy (non-hydrogen) atoms. The standard InChI is InChI=1S/C43H41F5N4O10/c1-21(2)18-31(52-42(58)60-20-29-27-10-6-4-8-25(27)26-9-5-7-11-28(26)29)41(57)49-22(3)39(55)51-30(16-17-32(53)54)40(56)50-24-14-12-23(13-15-24)19-61-43(59)62-38-36(47)34(45)33(44)35(46)37(38)48/h4-15,21-22,29-31H,16-20H2,1-3H3,(H,49,57)(H,50,56)(H,51,55)(H,52,58)(H,53,54). The first-order valence-electron chi connectivity index (χ1n) is 19.1. The Morgan fingerprint density at radius 1 is 0.661 bits per heavy atom. The van der Waals surface area contributed by atoms with Gasteiger partial charge in [-0.25, -0.2) is 22.8 Å². The Morgan fingerprint density at radius 2 is 1.23 bits per heavy atom. The summed E-state index contributed by atoms with van der Waals surface area (Å²) < 4.78 is 82.2. The number of hydrogen-bond donors (Lipinski definition) is 5. The fourth-order valence-corrected chi connectivity index (χ4v) is 6.54. The summed E-state index contributed by atoms with van der Waals surface area (Å²) in [5.41, 5.74) is 4.41. The van der Waals surface area contributed by atoms with E-state index in [1.165, 1.54) is 31.2 Å². The maximum absolute atomic E-state index is 13.8. The van der Waals surface area contributed by atoms with Gasteiger partial charge in [0.05, 0.1) is 0 Å². The molecule has 1 aliphatic rings. The molecule has 19 heteroatoms. The second-order valence-electron chi connectivity index (χ2n) is 14.6. The van der Waals surface area contributed by atoms with Crippen LogP contribution in [0.25, 0.3) is 11.1 Å². The van der Waals surface area contributed by atoms with Crippen molar-refractivity contribution in [3.8, 4) is 16.9 Å². The van der Waals surface area contributed by atoms with E-state index < -0.39 is 102 Å². The largest absolute Gasteiger partial charge is 0.514 e. The van der Waals surface area contributed by atoms with Crippen LogP contribution in [0.4, 0.5) is 37.2 Å². The number of benzene rings is 4. The second-order valence-corrected chi connectivity index (χ2v) is 14.6. The summed E-state index contributed by atoms with van der Waals surface area (Å²) in [5, 5.41) is 19.3. The molecule has 3 atom stereocenters. The molecule has 0 saturated heterocycles. The number of carboxylic acid groups (broad SMARTS) is 1. The summed E-state index contributed by atoms with van der Waals surface area (Å²) in [5.74, 6) is -17.7. The Bertz CT molecular complexity index is 2270. The average molecular weight is 869 g/mol. The van der Waals surface area contributed by atoms with Gasteiger partial charge in [0.2, 0.25) is 52.6 Å². The van der Waals surface area contributed by atoms with Gasteiger partial charge in [-0.3, -0.25) is 19.2 Å². The predicted molar refractivity (Wildman–Crippen MR) is 210 cm³/mol. The van der Waals surface area contributed by atoms with E-state index in [0.29, 0.717) is 0 Å². The van der Waals surface area contributed by atoms with Crippen molar-refractivity contribution in [2.45, 2.75) is 70.7 Å². The number of amides is 4. The number of aliphatic carboxylic acids is 1. The van der Waals surface area contributed by atoms with Crippen LogP contribution in [0, 0.1) is 35.0 Å². The highest BCUT2D eigenvalue weighted by Crippen LogP contribution is 2.44. The van der Waals surface area contributed by atoms with Gasteiger partial charge < -0.3 is 40.6 Å². The molecule has 0 spiro atoms. The van der Waals surface area contributed by atoms with E-state index >= 15 is 0 Å². The number of carbonyl (C=O) groups excluding carboxylic acids is 5. The van der Waals surface area contributed by atoms with Crippen molar-refractivity contribution >= 4 is 41.6 Å². The Morgan fingerprint density at radius 3 is 1.79 bits per heavy atom. The predicted octanol–water partition coefficient (Wildman–Crippen LogP) is 6.84.